The first kappa shape index (κ1) is 12.4. The van der Waals surface area contributed by atoms with Gasteiger partial charge >= 0.3 is 0 Å². The monoisotopic (exact) mass is 230 g/mol. The van der Waals surface area contributed by atoms with E-state index in [2.05, 4.69) is 12.6 Å². The highest BCUT2D eigenvalue weighted by atomic mass is 32.1. The van der Waals surface area contributed by atoms with Gasteiger partial charge < -0.3 is 9.80 Å². The van der Waals surface area contributed by atoms with E-state index >= 15 is 0 Å². The molecule has 1 aliphatic rings. The maximum atomic E-state index is 12.1. The first-order valence-electron chi connectivity index (χ1n) is 5.07. The molecule has 0 radical (unpaired) electrons. The van der Waals surface area contributed by atoms with Gasteiger partial charge in [0, 0.05) is 19.3 Å². The third kappa shape index (κ3) is 1.73. The summed E-state index contributed by atoms with van der Waals surface area (Å²) in [5, 5.41) is 0. The van der Waals surface area contributed by atoms with Crippen molar-refractivity contribution < 1.29 is 9.59 Å². The molecule has 0 spiro atoms. The minimum Gasteiger partial charge on any atom is -0.330 e. The number of piperazine rings is 1. The molecule has 86 valence electrons. The first-order valence-corrected chi connectivity index (χ1v) is 5.70. The quantitative estimate of drug-likeness (QED) is 0.697. The number of thiol groups is 1. The molecule has 0 aliphatic carbocycles. The molecule has 5 heteroatoms. The van der Waals surface area contributed by atoms with Gasteiger partial charge in [-0.15, -0.1) is 0 Å². The van der Waals surface area contributed by atoms with Gasteiger partial charge in [0.15, 0.2) is 0 Å². The van der Waals surface area contributed by atoms with Gasteiger partial charge in [0.2, 0.25) is 11.8 Å². The molecule has 1 aliphatic heterocycles. The molecule has 0 unspecified atom stereocenters. The van der Waals surface area contributed by atoms with Crippen LogP contribution in [0.1, 0.15) is 20.8 Å². The zero-order chi connectivity index (χ0) is 11.8. The largest absolute Gasteiger partial charge is 0.330 e. The van der Waals surface area contributed by atoms with Gasteiger partial charge in [-0.1, -0.05) is 0 Å². The van der Waals surface area contributed by atoms with Crippen molar-refractivity contribution >= 4 is 24.4 Å². The highest BCUT2D eigenvalue weighted by molar-refractivity contribution is 7.80. The molecular formula is C10H18N2O2S. The number of carbonyl (C=O) groups is 2. The zero-order valence-electron chi connectivity index (χ0n) is 9.65. The van der Waals surface area contributed by atoms with Crippen molar-refractivity contribution in [3.05, 3.63) is 0 Å². The van der Waals surface area contributed by atoms with Crippen LogP contribution < -0.4 is 0 Å². The molecule has 0 aromatic rings. The van der Waals surface area contributed by atoms with Crippen molar-refractivity contribution in [2.75, 3.05) is 19.3 Å². The second-order valence-corrected chi connectivity index (χ2v) is 4.61. The third-order valence-electron chi connectivity index (χ3n) is 3.13. The van der Waals surface area contributed by atoms with Crippen LogP contribution in [-0.2, 0) is 9.59 Å². The summed E-state index contributed by atoms with van der Waals surface area (Å²) >= 11 is 4.13. The van der Waals surface area contributed by atoms with Crippen LogP contribution in [0.3, 0.4) is 0 Å². The highest BCUT2D eigenvalue weighted by Crippen LogP contribution is 2.25. The Kier molecular flexibility index (Phi) is 3.33. The summed E-state index contributed by atoms with van der Waals surface area (Å²) < 4.78 is 0. The van der Waals surface area contributed by atoms with E-state index in [0.717, 1.165) is 0 Å². The highest BCUT2D eigenvalue weighted by Gasteiger charge is 2.48. The van der Waals surface area contributed by atoms with Crippen molar-refractivity contribution in [2.24, 2.45) is 0 Å². The van der Waals surface area contributed by atoms with Crippen LogP contribution in [0, 0.1) is 0 Å². The van der Waals surface area contributed by atoms with Gasteiger partial charge in [0.05, 0.1) is 0 Å². The normalized spacial score (nSPS) is 26.1. The Morgan fingerprint density at radius 2 is 1.93 bits per heavy atom. The minimum atomic E-state index is -0.744. The Morgan fingerprint density at radius 3 is 2.33 bits per heavy atom. The molecule has 1 rings (SSSR count). The Hall–Kier alpha value is -0.710. The van der Waals surface area contributed by atoms with Gasteiger partial charge in [-0.05, 0) is 20.8 Å². The average Bonchev–Trinajstić information content (AvgIpc) is 2.21. The van der Waals surface area contributed by atoms with Crippen LogP contribution in [0.4, 0.5) is 0 Å². The van der Waals surface area contributed by atoms with Crippen molar-refractivity contribution in [3.63, 3.8) is 0 Å². The zero-order valence-corrected chi connectivity index (χ0v) is 10.5. The lowest BCUT2D eigenvalue weighted by Crippen LogP contribution is -2.68. The van der Waals surface area contributed by atoms with Gasteiger partial charge in [-0.25, -0.2) is 0 Å². The molecule has 0 aromatic carbocycles. The lowest BCUT2D eigenvalue weighted by Gasteiger charge is -2.47. The van der Waals surface area contributed by atoms with E-state index in [1.807, 2.05) is 6.92 Å². The van der Waals surface area contributed by atoms with E-state index in [4.69, 9.17) is 0 Å². The summed E-state index contributed by atoms with van der Waals surface area (Å²) in [6.07, 6.45) is 0. The maximum Gasteiger partial charge on any atom is 0.248 e. The summed E-state index contributed by atoms with van der Waals surface area (Å²) in [7, 11) is 1.67. The SMILES string of the molecule is CCN1C(=O)C(C)(C)N(C)C(=O)[C@@H]1CS. The predicted octanol–water partition coefficient (Wildman–Crippen LogP) is 0.384. The van der Waals surface area contributed by atoms with E-state index < -0.39 is 11.6 Å². The smallest absolute Gasteiger partial charge is 0.248 e. The lowest BCUT2D eigenvalue weighted by molar-refractivity contribution is -0.165. The van der Waals surface area contributed by atoms with E-state index in [1.54, 1.807) is 25.8 Å². The number of hydrogen-bond donors (Lipinski definition) is 1. The summed E-state index contributed by atoms with van der Waals surface area (Å²) in [5.41, 5.74) is -0.744. The molecule has 4 nitrogen and oxygen atoms in total. The maximum absolute atomic E-state index is 12.1. The second kappa shape index (κ2) is 4.04. The van der Waals surface area contributed by atoms with Crippen LogP contribution in [0.25, 0.3) is 0 Å². The van der Waals surface area contributed by atoms with Gasteiger partial charge in [0.25, 0.3) is 0 Å². The Balaban J connectivity index is 3.10. The van der Waals surface area contributed by atoms with Crippen LogP contribution in [0.15, 0.2) is 0 Å². The van der Waals surface area contributed by atoms with E-state index in [-0.39, 0.29) is 11.8 Å². The fourth-order valence-corrected chi connectivity index (χ4v) is 2.16. The van der Waals surface area contributed by atoms with Gasteiger partial charge in [0.1, 0.15) is 11.6 Å². The summed E-state index contributed by atoms with van der Waals surface area (Å²) in [5.74, 6) is 0.335. The van der Waals surface area contributed by atoms with Crippen molar-refractivity contribution in [1.29, 1.82) is 0 Å². The third-order valence-corrected chi connectivity index (χ3v) is 3.47. The Bertz CT molecular complexity index is 291. The number of amides is 2. The molecule has 0 bridgehead atoms. The molecule has 0 aromatic heterocycles. The standard InChI is InChI=1S/C10H18N2O2S/c1-5-12-7(6-15)8(13)11(4)10(2,3)9(12)14/h7,15H,5-6H2,1-4H3/t7-/m0/s1. The van der Waals surface area contributed by atoms with E-state index in [1.165, 1.54) is 4.90 Å². The van der Waals surface area contributed by atoms with Crippen molar-refractivity contribution in [1.82, 2.24) is 9.80 Å². The molecule has 15 heavy (non-hydrogen) atoms. The number of likely N-dealkylation sites (N-methyl/N-ethyl adjacent to an activating group) is 2. The van der Waals surface area contributed by atoms with Crippen LogP contribution in [0.2, 0.25) is 0 Å². The Morgan fingerprint density at radius 1 is 1.40 bits per heavy atom. The summed E-state index contributed by atoms with van der Waals surface area (Å²) in [6.45, 7) is 5.96. The fraction of sp³-hybridized carbons (Fsp3) is 0.800. The summed E-state index contributed by atoms with van der Waals surface area (Å²) in [6, 6.07) is -0.413. The molecule has 1 heterocycles. The molecular weight excluding hydrogens is 212 g/mol. The fourth-order valence-electron chi connectivity index (χ4n) is 1.81. The molecule has 2 amide bonds. The number of carbonyl (C=O) groups excluding carboxylic acids is 2. The van der Waals surface area contributed by atoms with E-state index in [9.17, 15) is 9.59 Å². The number of hydrogen-bond acceptors (Lipinski definition) is 3. The molecule has 0 N–H and O–H groups in total. The summed E-state index contributed by atoms with van der Waals surface area (Å²) in [4.78, 5) is 27.2. The number of rotatable bonds is 2. The minimum absolute atomic E-state index is 0.00819. The van der Waals surface area contributed by atoms with Crippen LogP contribution >= 0.6 is 12.6 Å². The topological polar surface area (TPSA) is 40.6 Å². The van der Waals surface area contributed by atoms with E-state index in [0.29, 0.717) is 12.3 Å². The first-order chi connectivity index (χ1) is 6.87. The van der Waals surface area contributed by atoms with Crippen molar-refractivity contribution in [2.45, 2.75) is 32.4 Å². The average molecular weight is 230 g/mol. The lowest BCUT2D eigenvalue weighted by atomic mass is 9.95. The van der Waals surface area contributed by atoms with Crippen LogP contribution in [0.5, 0.6) is 0 Å². The predicted molar refractivity (Wildman–Crippen MR) is 61.9 cm³/mol. The van der Waals surface area contributed by atoms with Gasteiger partial charge in [-0.2, -0.15) is 12.6 Å². The van der Waals surface area contributed by atoms with Crippen molar-refractivity contribution in [3.8, 4) is 0 Å². The number of nitrogens with zero attached hydrogens (tertiary/aromatic N) is 2. The van der Waals surface area contributed by atoms with Gasteiger partial charge in [-0.3, -0.25) is 9.59 Å². The second-order valence-electron chi connectivity index (χ2n) is 4.25. The van der Waals surface area contributed by atoms with Crippen LogP contribution in [-0.4, -0.2) is 52.5 Å². The molecule has 1 saturated heterocycles. The molecule has 0 saturated carbocycles. The Labute approximate surface area is 96.0 Å². The molecule has 1 fully saturated rings. The molecule has 1 atom stereocenters.